The molecule has 4 heteroatoms. The van der Waals surface area contributed by atoms with Gasteiger partial charge in [0, 0.05) is 14.3 Å². The first kappa shape index (κ1) is 12.2. The zero-order chi connectivity index (χ0) is 12.5. The molecular formula is C14H10ClFS2. The van der Waals surface area contributed by atoms with E-state index in [1.165, 1.54) is 15.5 Å². The quantitative estimate of drug-likeness (QED) is 0.550. The molecule has 0 aliphatic rings. The second kappa shape index (κ2) is 5.00. The van der Waals surface area contributed by atoms with Gasteiger partial charge < -0.3 is 0 Å². The second-order valence-electron chi connectivity index (χ2n) is 4.10. The van der Waals surface area contributed by atoms with E-state index in [1.807, 2.05) is 6.07 Å². The lowest BCUT2D eigenvalue weighted by atomic mass is 10.1. The Morgan fingerprint density at radius 3 is 2.83 bits per heavy atom. The third-order valence-electron chi connectivity index (χ3n) is 2.77. The molecule has 1 unspecified atom stereocenters. The Labute approximate surface area is 118 Å². The summed E-state index contributed by atoms with van der Waals surface area (Å²) in [4.78, 5) is 1.16. The highest BCUT2D eigenvalue weighted by atomic mass is 35.5. The highest BCUT2D eigenvalue weighted by molar-refractivity contribution is 7.27. The van der Waals surface area contributed by atoms with Crippen LogP contribution in [-0.4, -0.2) is 0 Å². The molecule has 0 aliphatic carbocycles. The molecule has 0 saturated heterocycles. The Hall–Kier alpha value is -0.900. The molecule has 0 amide bonds. The molecule has 0 radical (unpaired) electrons. The molecule has 0 fully saturated rings. The first-order chi connectivity index (χ1) is 8.72. The molecule has 1 aromatic carbocycles. The van der Waals surface area contributed by atoms with Gasteiger partial charge in [-0.05, 0) is 41.6 Å². The predicted octanol–water partition coefficient (Wildman–Crippen LogP) is 5.62. The van der Waals surface area contributed by atoms with Gasteiger partial charge in [0.05, 0.1) is 5.38 Å². The van der Waals surface area contributed by atoms with Crippen molar-refractivity contribution < 1.29 is 4.39 Å². The molecule has 0 aliphatic heterocycles. The van der Waals surface area contributed by atoms with Crippen LogP contribution < -0.4 is 0 Å². The first-order valence-electron chi connectivity index (χ1n) is 5.58. The monoisotopic (exact) mass is 296 g/mol. The maximum absolute atomic E-state index is 13.1. The molecule has 3 rings (SSSR count). The summed E-state index contributed by atoms with van der Waals surface area (Å²) in [6.45, 7) is 0. The molecule has 2 heterocycles. The largest absolute Gasteiger partial charge is 0.207 e. The summed E-state index contributed by atoms with van der Waals surface area (Å²) in [6, 6.07) is 10.9. The van der Waals surface area contributed by atoms with Gasteiger partial charge in [0.15, 0.2) is 0 Å². The summed E-state index contributed by atoms with van der Waals surface area (Å²) in [6.07, 6.45) is 0.660. The minimum Gasteiger partial charge on any atom is -0.207 e. The van der Waals surface area contributed by atoms with E-state index in [1.54, 1.807) is 34.8 Å². The van der Waals surface area contributed by atoms with Crippen molar-refractivity contribution in [3.63, 3.8) is 0 Å². The van der Waals surface area contributed by atoms with E-state index in [4.69, 9.17) is 11.6 Å². The van der Waals surface area contributed by atoms with Crippen LogP contribution in [0.5, 0.6) is 0 Å². The van der Waals surface area contributed by atoms with E-state index in [-0.39, 0.29) is 11.2 Å². The van der Waals surface area contributed by atoms with Gasteiger partial charge in [-0.15, -0.1) is 34.3 Å². The summed E-state index contributed by atoms with van der Waals surface area (Å²) in [5.74, 6) is -0.205. The van der Waals surface area contributed by atoms with Crippen LogP contribution in [0.4, 0.5) is 4.39 Å². The van der Waals surface area contributed by atoms with Crippen molar-refractivity contribution in [1.82, 2.24) is 0 Å². The normalized spacial score (nSPS) is 13.0. The van der Waals surface area contributed by atoms with Gasteiger partial charge in [-0.3, -0.25) is 0 Å². The fourth-order valence-electron chi connectivity index (χ4n) is 1.91. The van der Waals surface area contributed by atoms with E-state index in [9.17, 15) is 4.39 Å². The average molecular weight is 297 g/mol. The molecule has 1 atom stereocenters. The Kier molecular flexibility index (Phi) is 3.37. The smallest absolute Gasteiger partial charge is 0.123 e. The van der Waals surface area contributed by atoms with Crippen molar-refractivity contribution in [2.24, 2.45) is 0 Å². The first-order valence-corrected chi connectivity index (χ1v) is 7.71. The van der Waals surface area contributed by atoms with Crippen molar-refractivity contribution in [3.8, 4) is 0 Å². The van der Waals surface area contributed by atoms with E-state index in [0.29, 0.717) is 6.42 Å². The van der Waals surface area contributed by atoms with Crippen molar-refractivity contribution in [3.05, 3.63) is 58.0 Å². The molecule has 92 valence electrons. The topological polar surface area (TPSA) is 0 Å². The number of benzene rings is 1. The summed E-state index contributed by atoms with van der Waals surface area (Å²) in [5, 5.41) is 2.00. The average Bonchev–Trinajstić information content (AvgIpc) is 2.88. The molecule has 0 bridgehead atoms. The van der Waals surface area contributed by atoms with Crippen molar-refractivity contribution in [2.45, 2.75) is 11.8 Å². The standard InChI is InChI=1S/C14H10ClFS2/c15-11(7-9-2-1-3-10(16)6-9)13-8-14-12(18-13)4-5-17-14/h1-6,8,11H,7H2. The Bertz CT molecular complexity index is 643. The van der Waals surface area contributed by atoms with Crippen LogP contribution in [0, 0.1) is 5.82 Å². The fourth-order valence-corrected chi connectivity index (χ4v) is 4.38. The van der Waals surface area contributed by atoms with Crippen LogP contribution in [0.15, 0.2) is 41.8 Å². The predicted molar refractivity (Wildman–Crippen MR) is 78.4 cm³/mol. The zero-order valence-corrected chi connectivity index (χ0v) is 11.8. The second-order valence-corrected chi connectivity index (χ2v) is 6.69. The summed E-state index contributed by atoms with van der Waals surface area (Å²) in [5.41, 5.74) is 0.937. The highest BCUT2D eigenvalue weighted by Gasteiger charge is 2.13. The zero-order valence-electron chi connectivity index (χ0n) is 9.40. The van der Waals surface area contributed by atoms with Gasteiger partial charge in [0.2, 0.25) is 0 Å². The van der Waals surface area contributed by atoms with Crippen LogP contribution >= 0.6 is 34.3 Å². The lowest BCUT2D eigenvalue weighted by Gasteiger charge is -2.07. The Balaban J connectivity index is 1.82. The lowest BCUT2D eigenvalue weighted by molar-refractivity contribution is 0.625. The molecular weight excluding hydrogens is 287 g/mol. The Morgan fingerprint density at radius 2 is 2.06 bits per heavy atom. The summed E-state index contributed by atoms with van der Waals surface area (Å²) < 4.78 is 15.7. The number of thiophene rings is 2. The van der Waals surface area contributed by atoms with Gasteiger partial charge in [-0.2, -0.15) is 0 Å². The Morgan fingerprint density at radius 1 is 1.17 bits per heavy atom. The number of rotatable bonds is 3. The molecule has 2 aromatic heterocycles. The van der Waals surface area contributed by atoms with E-state index in [0.717, 1.165) is 10.4 Å². The molecule has 18 heavy (non-hydrogen) atoms. The number of hydrogen-bond acceptors (Lipinski definition) is 2. The third kappa shape index (κ3) is 2.44. The number of alkyl halides is 1. The minimum atomic E-state index is -0.205. The maximum atomic E-state index is 13.1. The van der Waals surface area contributed by atoms with Gasteiger partial charge in [0.1, 0.15) is 5.82 Å². The SMILES string of the molecule is Fc1cccc(CC(Cl)c2cc3sccc3s2)c1. The molecule has 0 nitrogen and oxygen atoms in total. The highest BCUT2D eigenvalue weighted by Crippen LogP contribution is 2.37. The number of hydrogen-bond donors (Lipinski definition) is 0. The summed E-state index contributed by atoms with van der Waals surface area (Å²) in [7, 11) is 0. The third-order valence-corrected chi connectivity index (χ3v) is 5.50. The van der Waals surface area contributed by atoms with Crippen molar-refractivity contribution >= 4 is 43.7 Å². The van der Waals surface area contributed by atoms with Gasteiger partial charge in [-0.1, -0.05) is 12.1 Å². The molecule has 0 spiro atoms. The van der Waals surface area contributed by atoms with Crippen LogP contribution in [0.1, 0.15) is 15.8 Å². The van der Waals surface area contributed by atoms with Gasteiger partial charge in [-0.25, -0.2) is 4.39 Å². The molecule has 3 aromatic rings. The van der Waals surface area contributed by atoms with Crippen molar-refractivity contribution in [2.75, 3.05) is 0 Å². The number of halogens is 2. The van der Waals surface area contributed by atoms with Crippen LogP contribution in [-0.2, 0) is 6.42 Å². The van der Waals surface area contributed by atoms with Crippen molar-refractivity contribution in [1.29, 1.82) is 0 Å². The molecule has 0 N–H and O–H groups in total. The van der Waals surface area contributed by atoms with Gasteiger partial charge >= 0.3 is 0 Å². The van der Waals surface area contributed by atoms with Crippen LogP contribution in [0.2, 0.25) is 0 Å². The maximum Gasteiger partial charge on any atom is 0.123 e. The van der Waals surface area contributed by atoms with Gasteiger partial charge in [0.25, 0.3) is 0 Å². The summed E-state index contributed by atoms with van der Waals surface area (Å²) >= 11 is 9.86. The van der Waals surface area contributed by atoms with Crippen LogP contribution in [0.3, 0.4) is 0 Å². The minimum absolute atomic E-state index is 0.0867. The molecule has 0 saturated carbocycles. The van der Waals surface area contributed by atoms with E-state index < -0.39 is 0 Å². The lowest BCUT2D eigenvalue weighted by Crippen LogP contribution is -1.93. The fraction of sp³-hybridized carbons (Fsp3) is 0.143. The van der Waals surface area contributed by atoms with Crippen LogP contribution in [0.25, 0.3) is 9.40 Å². The van der Waals surface area contributed by atoms with E-state index >= 15 is 0 Å². The van der Waals surface area contributed by atoms with E-state index in [2.05, 4.69) is 17.5 Å². The number of fused-ring (bicyclic) bond motifs is 1.